The maximum atomic E-state index is 13.2. The first kappa shape index (κ1) is 23.8. The van der Waals surface area contributed by atoms with E-state index in [2.05, 4.69) is 0 Å². The highest BCUT2D eigenvalue weighted by Crippen LogP contribution is 2.27. The molecule has 1 aliphatic rings. The summed E-state index contributed by atoms with van der Waals surface area (Å²) in [6.45, 7) is 3.65. The van der Waals surface area contributed by atoms with Crippen molar-refractivity contribution in [3.05, 3.63) is 71.4 Å². The summed E-state index contributed by atoms with van der Waals surface area (Å²) in [5.41, 5.74) is 3.66. The smallest absolute Gasteiger partial charge is 0.409 e. The fraction of sp³-hybridized carbons (Fsp3) is 0.346. The van der Waals surface area contributed by atoms with Crippen LogP contribution in [0.15, 0.2) is 60.8 Å². The van der Waals surface area contributed by atoms with Gasteiger partial charge in [-0.1, -0.05) is 41.9 Å². The Bertz CT molecular complexity index is 1120. The van der Waals surface area contributed by atoms with Crippen LogP contribution in [0.4, 0.5) is 4.79 Å². The molecular formula is C26H29ClN4O3. The predicted molar refractivity (Wildman–Crippen MR) is 132 cm³/mol. The molecule has 1 aliphatic heterocycles. The van der Waals surface area contributed by atoms with Crippen molar-refractivity contribution < 1.29 is 14.3 Å². The van der Waals surface area contributed by atoms with Gasteiger partial charge >= 0.3 is 6.09 Å². The summed E-state index contributed by atoms with van der Waals surface area (Å²) in [5.74, 6) is -0.0307. The van der Waals surface area contributed by atoms with Gasteiger partial charge in [0.2, 0.25) is 5.91 Å². The lowest BCUT2D eigenvalue weighted by Gasteiger charge is -2.32. The molecule has 1 fully saturated rings. The van der Waals surface area contributed by atoms with Crippen molar-refractivity contribution in [1.82, 2.24) is 19.6 Å². The number of hydrogen-bond acceptors (Lipinski definition) is 4. The lowest BCUT2D eigenvalue weighted by atomic mass is 9.95. The molecule has 0 saturated carbocycles. The number of halogens is 1. The largest absolute Gasteiger partial charge is 0.450 e. The first-order valence-corrected chi connectivity index (χ1v) is 11.9. The van der Waals surface area contributed by atoms with Crippen LogP contribution in [0.1, 0.15) is 25.3 Å². The highest BCUT2D eigenvalue weighted by atomic mass is 35.5. The van der Waals surface area contributed by atoms with Gasteiger partial charge in [-0.05, 0) is 44.0 Å². The molecule has 0 N–H and O–H groups in total. The van der Waals surface area contributed by atoms with E-state index in [0.717, 1.165) is 22.5 Å². The lowest BCUT2D eigenvalue weighted by Crippen LogP contribution is -2.43. The predicted octanol–water partition coefficient (Wildman–Crippen LogP) is 5.02. The number of nitrogens with zero attached hydrogens (tertiary/aromatic N) is 4. The summed E-state index contributed by atoms with van der Waals surface area (Å²) in [4.78, 5) is 28.6. The number of hydrogen-bond donors (Lipinski definition) is 0. The molecule has 1 saturated heterocycles. The van der Waals surface area contributed by atoms with Crippen LogP contribution < -0.4 is 0 Å². The maximum Gasteiger partial charge on any atom is 0.409 e. The Labute approximate surface area is 204 Å². The minimum atomic E-state index is -0.303. The number of amides is 2. The van der Waals surface area contributed by atoms with Crippen LogP contribution in [-0.4, -0.2) is 58.3 Å². The van der Waals surface area contributed by atoms with Gasteiger partial charge < -0.3 is 14.5 Å². The Morgan fingerprint density at radius 3 is 2.41 bits per heavy atom. The van der Waals surface area contributed by atoms with Gasteiger partial charge in [-0.2, -0.15) is 5.10 Å². The number of aromatic nitrogens is 2. The summed E-state index contributed by atoms with van der Waals surface area (Å²) in [6, 6.07) is 17.5. The number of benzene rings is 2. The fourth-order valence-corrected chi connectivity index (χ4v) is 4.38. The third-order valence-corrected chi connectivity index (χ3v) is 6.33. The Balaban J connectivity index is 1.51. The van der Waals surface area contributed by atoms with Crippen molar-refractivity contribution >= 4 is 23.6 Å². The number of carbonyl (C=O) groups excluding carboxylic acids is 2. The van der Waals surface area contributed by atoms with E-state index < -0.39 is 0 Å². The minimum Gasteiger partial charge on any atom is -0.450 e. The zero-order chi connectivity index (χ0) is 24.1. The van der Waals surface area contributed by atoms with Gasteiger partial charge in [0.05, 0.1) is 18.0 Å². The van der Waals surface area contributed by atoms with Crippen LogP contribution in [0.2, 0.25) is 5.02 Å². The van der Waals surface area contributed by atoms with Crippen molar-refractivity contribution in [2.75, 3.05) is 26.7 Å². The molecule has 3 aromatic rings. The van der Waals surface area contributed by atoms with Crippen LogP contribution in [0.25, 0.3) is 16.9 Å². The lowest BCUT2D eigenvalue weighted by molar-refractivity contribution is -0.136. The standard InChI is InChI=1S/C26H29ClN4O3/c1-3-34-26(33)30-15-13-20(14-16-30)25(32)29(2)17-21-18-31(23-7-5-4-6-8-23)28-24(21)19-9-11-22(27)12-10-19/h4-12,18,20H,3,13-17H2,1-2H3. The molecule has 0 aliphatic carbocycles. The summed E-state index contributed by atoms with van der Waals surface area (Å²) < 4.78 is 6.92. The minimum absolute atomic E-state index is 0.0815. The molecule has 0 atom stereocenters. The molecule has 7 nitrogen and oxygen atoms in total. The van der Waals surface area contributed by atoms with Crippen LogP contribution in [0.3, 0.4) is 0 Å². The molecule has 0 radical (unpaired) electrons. The van der Waals surface area contributed by atoms with E-state index in [4.69, 9.17) is 21.4 Å². The van der Waals surface area contributed by atoms with E-state index in [0.29, 0.717) is 44.1 Å². The first-order chi connectivity index (χ1) is 16.5. The van der Waals surface area contributed by atoms with Crippen LogP contribution in [0, 0.1) is 5.92 Å². The second-order valence-corrected chi connectivity index (χ2v) is 8.88. The van der Waals surface area contributed by atoms with Gasteiger partial charge in [0.15, 0.2) is 0 Å². The monoisotopic (exact) mass is 480 g/mol. The summed E-state index contributed by atoms with van der Waals surface area (Å²) >= 11 is 6.09. The van der Waals surface area contributed by atoms with Gasteiger partial charge in [-0.25, -0.2) is 9.48 Å². The average molecular weight is 481 g/mol. The number of rotatable bonds is 6. The van der Waals surface area contributed by atoms with E-state index in [-0.39, 0.29) is 17.9 Å². The highest BCUT2D eigenvalue weighted by molar-refractivity contribution is 6.30. The molecule has 1 aromatic heterocycles. The van der Waals surface area contributed by atoms with Gasteiger partial charge in [0.25, 0.3) is 0 Å². The molecule has 2 aromatic carbocycles. The maximum absolute atomic E-state index is 13.2. The summed E-state index contributed by atoms with van der Waals surface area (Å²) in [5, 5.41) is 5.49. The SMILES string of the molecule is CCOC(=O)N1CCC(C(=O)N(C)Cc2cn(-c3ccccc3)nc2-c2ccc(Cl)cc2)CC1. The molecular weight excluding hydrogens is 452 g/mol. The fourth-order valence-electron chi connectivity index (χ4n) is 4.26. The number of likely N-dealkylation sites (tertiary alicyclic amines) is 1. The topological polar surface area (TPSA) is 67.7 Å². The average Bonchev–Trinajstić information content (AvgIpc) is 3.28. The normalized spacial score (nSPS) is 14.1. The Hall–Kier alpha value is -3.32. The van der Waals surface area contributed by atoms with E-state index in [1.807, 2.05) is 72.5 Å². The quantitative estimate of drug-likeness (QED) is 0.496. The van der Waals surface area contributed by atoms with Crippen molar-refractivity contribution in [2.45, 2.75) is 26.3 Å². The van der Waals surface area contributed by atoms with E-state index in [9.17, 15) is 9.59 Å². The molecule has 2 heterocycles. The van der Waals surface area contributed by atoms with Crippen molar-refractivity contribution in [2.24, 2.45) is 5.92 Å². The number of para-hydroxylation sites is 1. The molecule has 2 amide bonds. The number of piperidine rings is 1. The van der Waals surface area contributed by atoms with Crippen molar-refractivity contribution in [1.29, 1.82) is 0 Å². The number of carbonyl (C=O) groups is 2. The van der Waals surface area contributed by atoms with Crippen LogP contribution in [0.5, 0.6) is 0 Å². The van der Waals surface area contributed by atoms with Gasteiger partial charge in [-0.3, -0.25) is 4.79 Å². The Morgan fingerprint density at radius 1 is 1.09 bits per heavy atom. The Morgan fingerprint density at radius 2 is 1.76 bits per heavy atom. The summed E-state index contributed by atoms with van der Waals surface area (Å²) in [6.07, 6.45) is 2.94. The molecule has 0 spiro atoms. The number of ether oxygens (including phenoxy) is 1. The molecule has 4 rings (SSSR count). The second kappa shape index (κ2) is 10.7. The summed E-state index contributed by atoms with van der Waals surface area (Å²) in [7, 11) is 1.82. The van der Waals surface area contributed by atoms with Gasteiger partial charge in [-0.15, -0.1) is 0 Å². The molecule has 34 heavy (non-hydrogen) atoms. The van der Waals surface area contributed by atoms with E-state index >= 15 is 0 Å². The third kappa shape index (κ3) is 5.42. The van der Waals surface area contributed by atoms with Gasteiger partial charge in [0.1, 0.15) is 0 Å². The van der Waals surface area contributed by atoms with E-state index in [1.54, 1.807) is 16.7 Å². The highest BCUT2D eigenvalue weighted by Gasteiger charge is 2.30. The second-order valence-electron chi connectivity index (χ2n) is 8.44. The Kier molecular flexibility index (Phi) is 7.53. The third-order valence-electron chi connectivity index (χ3n) is 6.08. The van der Waals surface area contributed by atoms with Crippen molar-refractivity contribution in [3.63, 3.8) is 0 Å². The molecule has 0 unspecified atom stereocenters. The zero-order valence-corrected chi connectivity index (χ0v) is 20.2. The van der Waals surface area contributed by atoms with E-state index in [1.165, 1.54) is 0 Å². The molecule has 8 heteroatoms. The van der Waals surface area contributed by atoms with Crippen LogP contribution in [-0.2, 0) is 16.1 Å². The van der Waals surface area contributed by atoms with Gasteiger partial charge in [0, 0.05) is 54.9 Å². The molecule has 0 bridgehead atoms. The van der Waals surface area contributed by atoms with Crippen molar-refractivity contribution in [3.8, 4) is 16.9 Å². The van der Waals surface area contributed by atoms with Crippen LogP contribution >= 0.6 is 11.6 Å². The molecule has 178 valence electrons. The first-order valence-electron chi connectivity index (χ1n) is 11.5. The zero-order valence-electron chi connectivity index (χ0n) is 19.5.